The van der Waals surface area contributed by atoms with Gasteiger partial charge >= 0.3 is 0 Å². The molecule has 2 heterocycles. The monoisotopic (exact) mass is 394 g/mol. The van der Waals surface area contributed by atoms with Crippen molar-refractivity contribution in [3.05, 3.63) is 35.4 Å². The predicted octanol–water partition coefficient (Wildman–Crippen LogP) is 1.40. The van der Waals surface area contributed by atoms with Gasteiger partial charge < -0.3 is 15.4 Å². The minimum absolute atomic E-state index is 0.0141. The van der Waals surface area contributed by atoms with Gasteiger partial charge in [-0.2, -0.15) is 4.31 Å². The van der Waals surface area contributed by atoms with Crippen molar-refractivity contribution >= 4 is 16.0 Å². The van der Waals surface area contributed by atoms with E-state index in [2.05, 4.69) is 16.8 Å². The number of hydrogen-bond acceptors (Lipinski definition) is 4. The molecule has 0 unspecified atom stereocenters. The molecule has 0 bridgehead atoms. The van der Waals surface area contributed by atoms with Crippen LogP contribution in [-0.4, -0.2) is 63.0 Å². The lowest BCUT2D eigenvalue weighted by Crippen LogP contribution is -2.42. The Bertz CT molecular complexity index is 752. The lowest BCUT2D eigenvalue weighted by molar-refractivity contribution is 0.0729. The second-order valence-electron chi connectivity index (χ2n) is 7.38. The fourth-order valence-electron chi connectivity index (χ4n) is 3.47. The summed E-state index contributed by atoms with van der Waals surface area (Å²) in [6.45, 7) is 6.27. The molecular formula is C19H30N4O3S. The van der Waals surface area contributed by atoms with Crippen LogP contribution in [0.1, 0.15) is 30.9 Å². The molecule has 8 heteroatoms. The van der Waals surface area contributed by atoms with Crippen molar-refractivity contribution in [2.75, 3.05) is 39.4 Å². The molecule has 2 fully saturated rings. The van der Waals surface area contributed by atoms with Gasteiger partial charge in [0.25, 0.3) is 0 Å². The highest BCUT2D eigenvalue weighted by Gasteiger charge is 2.25. The number of nitrogens with zero attached hydrogens (tertiary/aromatic N) is 3. The van der Waals surface area contributed by atoms with Gasteiger partial charge in [-0.3, -0.25) is 0 Å². The first-order valence-corrected chi connectivity index (χ1v) is 11.2. The van der Waals surface area contributed by atoms with Crippen molar-refractivity contribution in [2.24, 2.45) is 16.6 Å². The number of nitrogens with two attached hydrogens (primary N) is 1. The number of likely N-dealkylation sites (tertiary alicyclic amines) is 1. The lowest BCUT2D eigenvalue weighted by Gasteiger charge is -2.31. The van der Waals surface area contributed by atoms with Crippen LogP contribution in [0.2, 0.25) is 0 Å². The summed E-state index contributed by atoms with van der Waals surface area (Å²) < 4.78 is 32.2. The summed E-state index contributed by atoms with van der Waals surface area (Å²) in [6, 6.07) is 7.57. The standard InChI is InChI=1S/C19H30N4O3S/c1-16-6-8-22(9-7-16)19(20)21-14-17-4-2-3-5-18(17)15-27(24,25)23-10-12-26-13-11-23/h2-5,16H,6-15H2,1H3,(H2,20,21). The molecule has 2 aliphatic heterocycles. The van der Waals surface area contributed by atoms with E-state index < -0.39 is 10.0 Å². The second kappa shape index (κ2) is 9.03. The molecule has 2 aliphatic rings. The fraction of sp³-hybridized carbons (Fsp3) is 0.632. The molecular weight excluding hydrogens is 364 g/mol. The van der Waals surface area contributed by atoms with Crippen LogP contribution in [0.25, 0.3) is 0 Å². The first-order chi connectivity index (χ1) is 13.0. The molecule has 3 rings (SSSR count). The van der Waals surface area contributed by atoms with Crippen molar-refractivity contribution in [1.82, 2.24) is 9.21 Å². The molecule has 0 aliphatic carbocycles. The van der Waals surface area contributed by atoms with E-state index >= 15 is 0 Å². The SMILES string of the molecule is CC1CCN(C(N)=NCc2ccccc2CS(=O)(=O)N2CCOCC2)CC1. The Morgan fingerprint density at radius 2 is 1.78 bits per heavy atom. The normalized spacial score (nSPS) is 20.8. The van der Waals surface area contributed by atoms with Crippen molar-refractivity contribution in [2.45, 2.75) is 32.1 Å². The number of benzene rings is 1. The third kappa shape index (κ3) is 5.43. The van der Waals surface area contributed by atoms with E-state index in [9.17, 15) is 8.42 Å². The van der Waals surface area contributed by atoms with E-state index in [1.165, 1.54) is 4.31 Å². The molecule has 1 aromatic carbocycles. The average molecular weight is 395 g/mol. The highest BCUT2D eigenvalue weighted by Crippen LogP contribution is 2.18. The molecule has 0 spiro atoms. The maximum absolute atomic E-state index is 12.7. The van der Waals surface area contributed by atoms with Crippen molar-refractivity contribution in [1.29, 1.82) is 0 Å². The van der Waals surface area contributed by atoms with Gasteiger partial charge in [-0.1, -0.05) is 31.2 Å². The van der Waals surface area contributed by atoms with Gasteiger partial charge in [0.2, 0.25) is 10.0 Å². The molecule has 1 aromatic rings. The second-order valence-corrected chi connectivity index (χ2v) is 9.35. The lowest BCUT2D eigenvalue weighted by atomic mass is 10.00. The van der Waals surface area contributed by atoms with Crippen LogP contribution in [0.5, 0.6) is 0 Å². The van der Waals surface area contributed by atoms with Gasteiger partial charge in [0.1, 0.15) is 0 Å². The van der Waals surface area contributed by atoms with Crippen LogP contribution in [0.3, 0.4) is 0 Å². The number of sulfonamides is 1. The molecule has 2 saturated heterocycles. The zero-order chi connectivity index (χ0) is 19.3. The predicted molar refractivity (Wildman–Crippen MR) is 107 cm³/mol. The van der Waals surface area contributed by atoms with E-state index in [0.29, 0.717) is 38.8 Å². The van der Waals surface area contributed by atoms with Crippen LogP contribution in [0.15, 0.2) is 29.3 Å². The van der Waals surface area contributed by atoms with Gasteiger partial charge in [-0.05, 0) is 29.9 Å². The zero-order valence-electron chi connectivity index (χ0n) is 16.0. The number of guanidine groups is 1. The van der Waals surface area contributed by atoms with E-state index in [4.69, 9.17) is 10.5 Å². The molecule has 0 saturated carbocycles. The summed E-state index contributed by atoms with van der Waals surface area (Å²) in [5.41, 5.74) is 7.86. The van der Waals surface area contributed by atoms with E-state index in [-0.39, 0.29) is 5.75 Å². The molecule has 0 atom stereocenters. The summed E-state index contributed by atoms with van der Waals surface area (Å²) in [5, 5.41) is 0. The molecule has 7 nitrogen and oxygen atoms in total. The Morgan fingerprint density at radius 1 is 1.15 bits per heavy atom. The Kier molecular flexibility index (Phi) is 6.73. The number of morpholine rings is 1. The molecule has 0 aromatic heterocycles. The maximum Gasteiger partial charge on any atom is 0.218 e. The van der Waals surface area contributed by atoms with Crippen LogP contribution in [-0.2, 0) is 27.1 Å². The number of piperidine rings is 1. The average Bonchev–Trinajstić information content (AvgIpc) is 2.68. The minimum atomic E-state index is -3.36. The minimum Gasteiger partial charge on any atom is -0.379 e. The highest BCUT2D eigenvalue weighted by molar-refractivity contribution is 7.88. The molecule has 0 amide bonds. The summed E-state index contributed by atoms with van der Waals surface area (Å²) in [4.78, 5) is 6.66. The van der Waals surface area contributed by atoms with Crippen LogP contribution in [0, 0.1) is 5.92 Å². The molecule has 2 N–H and O–H groups in total. The van der Waals surface area contributed by atoms with Crippen molar-refractivity contribution < 1.29 is 13.2 Å². The summed E-state index contributed by atoms with van der Waals surface area (Å²) >= 11 is 0. The van der Waals surface area contributed by atoms with Crippen LogP contribution < -0.4 is 5.73 Å². The Hall–Kier alpha value is -1.64. The third-order valence-electron chi connectivity index (χ3n) is 5.34. The van der Waals surface area contributed by atoms with E-state index in [0.717, 1.165) is 43.0 Å². The zero-order valence-corrected chi connectivity index (χ0v) is 16.8. The summed E-state index contributed by atoms with van der Waals surface area (Å²) in [7, 11) is -3.36. The van der Waals surface area contributed by atoms with Gasteiger partial charge in [0.15, 0.2) is 5.96 Å². The van der Waals surface area contributed by atoms with Gasteiger partial charge in [-0.15, -0.1) is 0 Å². The van der Waals surface area contributed by atoms with Crippen molar-refractivity contribution in [3.8, 4) is 0 Å². The molecule has 0 radical (unpaired) electrons. The first kappa shape index (κ1) is 20.1. The Labute approximate surface area is 162 Å². The quantitative estimate of drug-likeness (QED) is 0.602. The topological polar surface area (TPSA) is 88.2 Å². The number of ether oxygens (including phenoxy) is 1. The maximum atomic E-state index is 12.7. The Balaban J connectivity index is 1.67. The third-order valence-corrected chi connectivity index (χ3v) is 7.17. The summed E-state index contributed by atoms with van der Waals surface area (Å²) in [6.07, 6.45) is 2.26. The smallest absolute Gasteiger partial charge is 0.218 e. The first-order valence-electron chi connectivity index (χ1n) is 9.63. The van der Waals surface area contributed by atoms with E-state index in [1.54, 1.807) is 0 Å². The van der Waals surface area contributed by atoms with Crippen molar-refractivity contribution in [3.63, 3.8) is 0 Å². The van der Waals surface area contributed by atoms with E-state index in [1.807, 2.05) is 24.3 Å². The fourth-order valence-corrected chi connectivity index (χ4v) is 5.03. The molecule has 27 heavy (non-hydrogen) atoms. The van der Waals surface area contributed by atoms with Crippen LogP contribution in [0.4, 0.5) is 0 Å². The molecule has 150 valence electrons. The number of aliphatic imine (C=N–C) groups is 1. The van der Waals surface area contributed by atoms with Crippen LogP contribution >= 0.6 is 0 Å². The number of rotatable bonds is 5. The Morgan fingerprint density at radius 3 is 2.44 bits per heavy atom. The van der Waals surface area contributed by atoms with Gasteiger partial charge in [0.05, 0.1) is 25.5 Å². The highest BCUT2D eigenvalue weighted by atomic mass is 32.2. The summed E-state index contributed by atoms with van der Waals surface area (Å²) in [5.74, 6) is 1.27. The van der Waals surface area contributed by atoms with Gasteiger partial charge in [-0.25, -0.2) is 13.4 Å². The number of hydrogen-bond donors (Lipinski definition) is 1. The largest absolute Gasteiger partial charge is 0.379 e. The van der Waals surface area contributed by atoms with Gasteiger partial charge in [0, 0.05) is 26.2 Å².